The fourth-order valence-electron chi connectivity index (χ4n) is 2.01. The van der Waals surface area contributed by atoms with Crippen LogP contribution >= 0.6 is 12.6 Å². The lowest BCUT2D eigenvalue weighted by Crippen LogP contribution is -1.73. The van der Waals surface area contributed by atoms with Crippen LogP contribution in [-0.4, -0.2) is 5.75 Å². The minimum Gasteiger partial charge on any atom is -0.179 e. The Morgan fingerprint density at radius 3 is 1.25 bits per heavy atom. The molecule has 0 aliphatic heterocycles. The van der Waals surface area contributed by atoms with Crippen molar-refractivity contribution in [2.45, 2.75) is 64.7 Å². The van der Waals surface area contributed by atoms with E-state index in [9.17, 15) is 0 Å². The number of rotatable bonds is 15. The number of hydrogen-bond acceptors (Lipinski definition) is 1. The van der Waals surface area contributed by atoms with Gasteiger partial charge in [0, 0.05) is 0 Å². The van der Waals surface area contributed by atoms with Gasteiger partial charge < -0.3 is 0 Å². The zero-order valence-electron chi connectivity index (χ0n) is 15.4. The van der Waals surface area contributed by atoms with Gasteiger partial charge in [0.25, 0.3) is 0 Å². The van der Waals surface area contributed by atoms with Gasteiger partial charge in [0.1, 0.15) is 0 Å². The molecule has 0 atom stereocenters. The van der Waals surface area contributed by atoms with Gasteiger partial charge in [-0.05, 0) is 63.5 Å². The number of allylic oxidation sites excluding steroid dienone is 12. The van der Waals surface area contributed by atoms with Crippen molar-refractivity contribution in [2.75, 3.05) is 5.75 Å². The van der Waals surface area contributed by atoms with E-state index < -0.39 is 0 Å². The molecule has 134 valence electrons. The van der Waals surface area contributed by atoms with E-state index in [1.807, 2.05) is 0 Å². The van der Waals surface area contributed by atoms with Gasteiger partial charge in [-0.3, -0.25) is 0 Å². The molecule has 24 heavy (non-hydrogen) atoms. The van der Waals surface area contributed by atoms with Crippen molar-refractivity contribution in [1.82, 2.24) is 0 Å². The first-order valence-electron chi connectivity index (χ1n) is 9.42. The zero-order valence-corrected chi connectivity index (χ0v) is 16.3. The summed E-state index contributed by atoms with van der Waals surface area (Å²) >= 11 is 4.21. The number of thiol groups is 1. The Morgan fingerprint density at radius 1 is 0.500 bits per heavy atom. The van der Waals surface area contributed by atoms with Gasteiger partial charge >= 0.3 is 0 Å². The topological polar surface area (TPSA) is 0 Å². The molecule has 0 bridgehead atoms. The van der Waals surface area contributed by atoms with Gasteiger partial charge in [0.2, 0.25) is 0 Å². The van der Waals surface area contributed by atoms with Gasteiger partial charge in [0.15, 0.2) is 0 Å². The van der Waals surface area contributed by atoms with E-state index >= 15 is 0 Å². The van der Waals surface area contributed by atoms with E-state index in [2.05, 4.69) is 92.5 Å². The lowest BCUT2D eigenvalue weighted by Gasteiger charge is -1.90. The molecule has 0 aliphatic rings. The van der Waals surface area contributed by atoms with Crippen molar-refractivity contribution in [2.24, 2.45) is 0 Å². The van der Waals surface area contributed by atoms with Crippen LogP contribution in [-0.2, 0) is 0 Å². The van der Waals surface area contributed by atoms with Crippen molar-refractivity contribution < 1.29 is 0 Å². The second-order valence-corrected chi connectivity index (χ2v) is 6.08. The molecule has 0 unspecified atom stereocenters. The molecule has 0 saturated carbocycles. The van der Waals surface area contributed by atoms with Crippen LogP contribution in [0.1, 0.15) is 64.7 Å². The van der Waals surface area contributed by atoms with Crippen LogP contribution in [0.4, 0.5) is 0 Å². The van der Waals surface area contributed by atoms with Crippen LogP contribution in [0.5, 0.6) is 0 Å². The Labute approximate surface area is 156 Å². The van der Waals surface area contributed by atoms with Gasteiger partial charge in [0.05, 0.1) is 0 Å². The monoisotopic (exact) mass is 344 g/mol. The summed E-state index contributed by atoms with van der Waals surface area (Å²) in [6.45, 7) is 2.16. The summed E-state index contributed by atoms with van der Waals surface area (Å²) < 4.78 is 0. The molecule has 0 aliphatic carbocycles. The fourth-order valence-corrected chi connectivity index (χ4v) is 2.24. The first kappa shape index (κ1) is 22.8. The van der Waals surface area contributed by atoms with Crippen molar-refractivity contribution in [3.8, 4) is 0 Å². The normalized spacial score (nSPS) is 13.2. The van der Waals surface area contributed by atoms with Crippen LogP contribution in [0.15, 0.2) is 72.9 Å². The molecular formula is C23H36S. The van der Waals surface area contributed by atoms with E-state index in [1.165, 1.54) is 19.3 Å². The van der Waals surface area contributed by atoms with E-state index in [4.69, 9.17) is 0 Å². The van der Waals surface area contributed by atoms with Crippen molar-refractivity contribution in [3.05, 3.63) is 72.9 Å². The van der Waals surface area contributed by atoms with Crippen LogP contribution in [0.2, 0.25) is 0 Å². The summed E-state index contributed by atoms with van der Waals surface area (Å²) in [4.78, 5) is 0. The van der Waals surface area contributed by atoms with Gasteiger partial charge in [-0.1, -0.05) is 79.8 Å². The Hall–Kier alpha value is -1.21. The largest absolute Gasteiger partial charge is 0.179 e. The Balaban J connectivity index is 3.46. The standard InChI is InChI=1S/C23H36S/c1-2-3-4-5-6-7-8-9-10-11-12-13-14-15-16-17-18-19-20-21-22-23-24/h3-4,6-7,9-10,12-13,15-16,18-19,24H,2,5,8,11,14,17,20-23H2,1H3/b4-3-,7-6-,10-9-,13-12-,16-15-,19-18-. The average molecular weight is 345 g/mol. The highest BCUT2D eigenvalue weighted by molar-refractivity contribution is 7.80. The molecule has 1 heteroatoms. The fraction of sp³-hybridized carbons (Fsp3) is 0.478. The molecule has 0 N–H and O–H groups in total. The molecule has 0 radical (unpaired) electrons. The van der Waals surface area contributed by atoms with E-state index in [1.54, 1.807) is 0 Å². The summed E-state index contributed by atoms with van der Waals surface area (Å²) in [6, 6.07) is 0. The second kappa shape index (κ2) is 21.8. The summed E-state index contributed by atoms with van der Waals surface area (Å²) in [5, 5.41) is 0. The van der Waals surface area contributed by atoms with Crippen LogP contribution in [0, 0.1) is 0 Å². The predicted molar refractivity (Wildman–Crippen MR) is 116 cm³/mol. The highest BCUT2D eigenvalue weighted by Gasteiger charge is 1.81. The zero-order chi connectivity index (χ0) is 17.6. The van der Waals surface area contributed by atoms with E-state index in [-0.39, 0.29) is 0 Å². The first-order chi connectivity index (χ1) is 11.9. The minimum atomic E-state index is 1.00. The second-order valence-electron chi connectivity index (χ2n) is 5.63. The minimum absolute atomic E-state index is 1.00. The third kappa shape index (κ3) is 20.8. The predicted octanol–water partition coefficient (Wildman–Crippen LogP) is 7.78. The summed E-state index contributed by atoms with van der Waals surface area (Å²) in [7, 11) is 0. The number of unbranched alkanes of at least 4 members (excludes halogenated alkanes) is 2. The van der Waals surface area contributed by atoms with Crippen LogP contribution < -0.4 is 0 Å². The Morgan fingerprint density at radius 2 is 0.875 bits per heavy atom. The molecule has 0 spiro atoms. The third-order valence-electron chi connectivity index (χ3n) is 3.38. The van der Waals surface area contributed by atoms with Crippen LogP contribution in [0.3, 0.4) is 0 Å². The molecule has 0 aromatic heterocycles. The quantitative estimate of drug-likeness (QED) is 0.175. The van der Waals surface area contributed by atoms with Crippen molar-refractivity contribution in [3.63, 3.8) is 0 Å². The molecule has 0 saturated heterocycles. The van der Waals surface area contributed by atoms with Gasteiger partial charge in [-0.25, -0.2) is 0 Å². The SMILES string of the molecule is CC/C=C\C/C=C\C/C=C\C/C=C\C/C=C\C/C=C\CCCCS. The lowest BCUT2D eigenvalue weighted by atomic mass is 10.2. The summed E-state index contributed by atoms with van der Waals surface area (Å²) in [6.07, 6.45) is 36.8. The summed E-state index contributed by atoms with van der Waals surface area (Å²) in [5.74, 6) is 1.00. The van der Waals surface area contributed by atoms with Gasteiger partial charge in [-0.2, -0.15) is 12.6 Å². The molecule has 0 amide bonds. The molecule has 0 aromatic rings. The lowest BCUT2D eigenvalue weighted by molar-refractivity contribution is 0.823. The smallest absolute Gasteiger partial charge is 0.00978 e. The van der Waals surface area contributed by atoms with Gasteiger partial charge in [-0.15, -0.1) is 0 Å². The molecular weight excluding hydrogens is 308 g/mol. The Bertz CT molecular complexity index is 408. The van der Waals surface area contributed by atoms with Crippen molar-refractivity contribution in [1.29, 1.82) is 0 Å². The summed E-state index contributed by atoms with van der Waals surface area (Å²) in [5.41, 5.74) is 0. The maximum absolute atomic E-state index is 4.21. The molecule has 0 rings (SSSR count). The Kier molecular flexibility index (Phi) is 20.7. The molecule has 0 fully saturated rings. The highest BCUT2D eigenvalue weighted by Crippen LogP contribution is 2.00. The third-order valence-corrected chi connectivity index (χ3v) is 3.69. The molecule has 0 aromatic carbocycles. The first-order valence-corrected chi connectivity index (χ1v) is 10.1. The van der Waals surface area contributed by atoms with E-state index in [0.29, 0.717) is 0 Å². The van der Waals surface area contributed by atoms with Crippen molar-refractivity contribution >= 4 is 12.6 Å². The van der Waals surface area contributed by atoms with Crippen LogP contribution in [0.25, 0.3) is 0 Å². The van der Waals surface area contributed by atoms with E-state index in [0.717, 1.165) is 44.3 Å². The maximum atomic E-state index is 4.21. The average Bonchev–Trinajstić information content (AvgIpc) is 2.60. The molecule has 0 nitrogen and oxygen atoms in total. The maximum Gasteiger partial charge on any atom is -0.00978 e. The highest BCUT2D eigenvalue weighted by atomic mass is 32.1. The molecule has 0 heterocycles. The number of hydrogen-bond donors (Lipinski definition) is 1.